The van der Waals surface area contributed by atoms with E-state index in [1.807, 2.05) is 12.1 Å². The van der Waals surface area contributed by atoms with Gasteiger partial charge in [0, 0.05) is 23.5 Å². The summed E-state index contributed by atoms with van der Waals surface area (Å²) < 4.78 is 0. The molecule has 0 spiro atoms. The van der Waals surface area contributed by atoms with Gasteiger partial charge in [0.25, 0.3) is 0 Å². The molecular formula is C40H26N2Si. The molecule has 1 aliphatic rings. The summed E-state index contributed by atoms with van der Waals surface area (Å²) in [6.45, 7) is 0. The Morgan fingerprint density at radius 1 is 0.349 bits per heavy atom. The standard InChI is InChI=1S/C40H26N2Si/c1-3-11-27(12-4-1)35-23-21-29(25-41-35)43(30-22-24-36(42-26-30)28-13-5-2-6-14-28)37-19-9-17-33-31-15-7-8-16-32(31)34-18-10-20-38(43)40(34)39(33)37/h1-26H. The molecular weight excluding hydrogens is 537 g/mol. The van der Waals surface area contributed by atoms with Crippen molar-refractivity contribution >= 4 is 61.1 Å². The summed E-state index contributed by atoms with van der Waals surface area (Å²) in [5, 5.41) is 13.4. The highest BCUT2D eigenvalue weighted by Gasteiger charge is 2.48. The molecule has 43 heavy (non-hydrogen) atoms. The molecule has 0 unspecified atom stereocenters. The molecule has 9 rings (SSSR count). The van der Waals surface area contributed by atoms with Gasteiger partial charge in [-0.2, -0.15) is 0 Å². The predicted octanol–water partition coefficient (Wildman–Crippen LogP) is 6.96. The van der Waals surface area contributed by atoms with Crippen LogP contribution in [0.4, 0.5) is 0 Å². The molecule has 3 heteroatoms. The van der Waals surface area contributed by atoms with E-state index in [1.54, 1.807) is 0 Å². The average molecular weight is 563 g/mol. The van der Waals surface area contributed by atoms with E-state index in [2.05, 4.69) is 146 Å². The van der Waals surface area contributed by atoms with Crippen molar-refractivity contribution < 1.29 is 0 Å². The third kappa shape index (κ3) is 3.40. The Morgan fingerprint density at radius 3 is 1.19 bits per heavy atom. The van der Waals surface area contributed by atoms with Crippen molar-refractivity contribution in [3.05, 3.63) is 158 Å². The van der Waals surface area contributed by atoms with Gasteiger partial charge >= 0.3 is 0 Å². The second kappa shape index (κ2) is 9.31. The average Bonchev–Trinajstić information content (AvgIpc) is 3.41. The first kappa shape index (κ1) is 24.2. The van der Waals surface area contributed by atoms with Crippen molar-refractivity contribution in [2.45, 2.75) is 0 Å². The number of aromatic nitrogens is 2. The molecule has 0 N–H and O–H groups in total. The zero-order chi connectivity index (χ0) is 28.4. The highest BCUT2D eigenvalue weighted by atomic mass is 28.3. The summed E-state index contributed by atoms with van der Waals surface area (Å²) in [6.07, 6.45) is 4.28. The van der Waals surface area contributed by atoms with Crippen LogP contribution in [0.25, 0.3) is 54.8 Å². The van der Waals surface area contributed by atoms with Gasteiger partial charge < -0.3 is 0 Å². The van der Waals surface area contributed by atoms with E-state index in [1.165, 1.54) is 53.1 Å². The fraction of sp³-hybridized carbons (Fsp3) is 0. The van der Waals surface area contributed by atoms with E-state index >= 15 is 0 Å². The van der Waals surface area contributed by atoms with Crippen LogP contribution in [0.1, 0.15) is 0 Å². The monoisotopic (exact) mass is 562 g/mol. The van der Waals surface area contributed by atoms with Gasteiger partial charge in [-0.15, -0.1) is 0 Å². The Morgan fingerprint density at radius 2 is 0.767 bits per heavy atom. The highest BCUT2D eigenvalue weighted by Crippen LogP contribution is 2.38. The minimum absolute atomic E-state index is 0.990. The lowest BCUT2D eigenvalue weighted by Gasteiger charge is -2.31. The molecule has 3 heterocycles. The normalized spacial score (nSPS) is 13.3. The predicted molar refractivity (Wildman–Crippen MR) is 183 cm³/mol. The quantitative estimate of drug-likeness (QED) is 0.171. The van der Waals surface area contributed by atoms with Gasteiger partial charge in [-0.1, -0.05) is 133 Å². The van der Waals surface area contributed by atoms with Crippen molar-refractivity contribution in [3.63, 3.8) is 0 Å². The summed E-state index contributed by atoms with van der Waals surface area (Å²) >= 11 is 0. The summed E-state index contributed by atoms with van der Waals surface area (Å²) in [5.41, 5.74) is 4.24. The van der Waals surface area contributed by atoms with Crippen molar-refractivity contribution in [2.75, 3.05) is 0 Å². The van der Waals surface area contributed by atoms with Crippen LogP contribution in [-0.4, -0.2) is 18.0 Å². The first-order valence-electron chi connectivity index (χ1n) is 14.7. The van der Waals surface area contributed by atoms with Gasteiger partial charge in [0.05, 0.1) is 11.4 Å². The van der Waals surface area contributed by atoms with Crippen molar-refractivity contribution in [1.29, 1.82) is 0 Å². The molecule has 0 radical (unpaired) electrons. The molecule has 2 aromatic heterocycles. The number of hydrogen-bond acceptors (Lipinski definition) is 2. The number of rotatable bonds is 4. The minimum Gasteiger partial charge on any atom is -0.256 e. The van der Waals surface area contributed by atoms with Crippen molar-refractivity contribution in [2.24, 2.45) is 0 Å². The van der Waals surface area contributed by atoms with Gasteiger partial charge in [0.2, 0.25) is 0 Å². The highest BCUT2D eigenvalue weighted by molar-refractivity contribution is 7.23. The van der Waals surface area contributed by atoms with E-state index in [4.69, 9.17) is 9.97 Å². The van der Waals surface area contributed by atoms with Gasteiger partial charge in [-0.3, -0.25) is 9.97 Å². The van der Waals surface area contributed by atoms with E-state index < -0.39 is 8.07 Å². The number of hydrogen-bond donors (Lipinski definition) is 0. The maximum Gasteiger partial charge on any atom is 0.184 e. The summed E-state index contributed by atoms with van der Waals surface area (Å²) in [6, 6.07) is 52.6. The van der Waals surface area contributed by atoms with E-state index in [0.29, 0.717) is 0 Å². The number of nitrogens with zero attached hydrogens (tertiary/aromatic N) is 2. The summed E-state index contributed by atoms with van der Waals surface area (Å²) in [4.78, 5) is 10.2. The SMILES string of the molecule is c1ccc(-c2ccc([Si]3(c4ccc(-c5ccccc5)nc4)c4cccc5c6ccccc6c6cccc3c6c45)cn2)cc1. The lowest BCUT2D eigenvalue weighted by molar-refractivity contribution is 1.33. The molecule has 8 aromatic rings. The second-order valence-corrected chi connectivity index (χ2v) is 15.1. The Bertz CT molecular complexity index is 2140. The number of benzene rings is 6. The molecule has 0 amide bonds. The zero-order valence-electron chi connectivity index (χ0n) is 23.4. The Balaban J connectivity index is 1.37. The van der Waals surface area contributed by atoms with Gasteiger partial charge in [-0.05, 0) is 65.2 Å². The van der Waals surface area contributed by atoms with Crippen LogP contribution in [0.15, 0.2) is 158 Å². The van der Waals surface area contributed by atoms with Crippen molar-refractivity contribution in [3.8, 4) is 22.5 Å². The third-order valence-corrected chi connectivity index (χ3v) is 14.0. The summed E-state index contributed by atoms with van der Waals surface area (Å²) in [5.74, 6) is 0. The molecule has 0 fully saturated rings. The number of fused-ring (bicyclic) bond motifs is 3. The van der Waals surface area contributed by atoms with Gasteiger partial charge in [0.1, 0.15) is 0 Å². The lowest BCUT2D eigenvalue weighted by atomic mass is 9.95. The molecule has 6 aromatic carbocycles. The smallest absolute Gasteiger partial charge is 0.184 e. The van der Waals surface area contributed by atoms with Crippen LogP contribution in [0.2, 0.25) is 0 Å². The first-order chi connectivity index (χ1) is 21.3. The topological polar surface area (TPSA) is 25.8 Å². The molecule has 0 aliphatic carbocycles. The van der Waals surface area contributed by atoms with Crippen molar-refractivity contribution in [1.82, 2.24) is 9.97 Å². The molecule has 0 saturated heterocycles. The van der Waals surface area contributed by atoms with Crippen LogP contribution >= 0.6 is 0 Å². The van der Waals surface area contributed by atoms with E-state index in [-0.39, 0.29) is 0 Å². The Labute approximate surface area is 251 Å². The molecule has 0 atom stereocenters. The molecule has 0 saturated carbocycles. The summed E-state index contributed by atoms with van der Waals surface area (Å²) in [7, 11) is -2.76. The van der Waals surface area contributed by atoms with Crippen LogP contribution in [0, 0.1) is 0 Å². The Kier molecular flexibility index (Phi) is 5.25. The first-order valence-corrected chi connectivity index (χ1v) is 16.7. The fourth-order valence-corrected chi connectivity index (χ4v) is 12.4. The van der Waals surface area contributed by atoms with E-state index in [0.717, 1.165) is 22.5 Å². The minimum atomic E-state index is -2.76. The van der Waals surface area contributed by atoms with E-state index in [9.17, 15) is 0 Å². The second-order valence-electron chi connectivity index (χ2n) is 11.3. The van der Waals surface area contributed by atoms with Gasteiger partial charge in [0.15, 0.2) is 8.07 Å². The fourth-order valence-electron chi connectivity index (χ4n) is 7.39. The van der Waals surface area contributed by atoms with Crippen LogP contribution < -0.4 is 20.7 Å². The maximum atomic E-state index is 5.09. The molecule has 1 aliphatic heterocycles. The maximum absolute atomic E-state index is 5.09. The largest absolute Gasteiger partial charge is 0.256 e. The van der Waals surface area contributed by atoms with Crippen LogP contribution in [0.5, 0.6) is 0 Å². The van der Waals surface area contributed by atoms with Crippen LogP contribution in [-0.2, 0) is 0 Å². The molecule has 200 valence electrons. The zero-order valence-corrected chi connectivity index (χ0v) is 24.4. The Hall–Kier alpha value is -5.38. The molecule has 2 nitrogen and oxygen atoms in total. The third-order valence-electron chi connectivity index (χ3n) is 9.23. The van der Waals surface area contributed by atoms with Gasteiger partial charge in [-0.25, -0.2) is 0 Å². The van der Waals surface area contributed by atoms with Crippen LogP contribution in [0.3, 0.4) is 0 Å². The number of pyridine rings is 2. The lowest BCUT2D eigenvalue weighted by Crippen LogP contribution is -2.73. The molecule has 0 bridgehead atoms.